The molecule has 4 heteroatoms. The molecule has 0 aliphatic carbocycles. The van der Waals surface area contributed by atoms with E-state index in [4.69, 9.17) is 5.73 Å². The van der Waals surface area contributed by atoms with E-state index in [1.165, 1.54) is 0 Å². The van der Waals surface area contributed by atoms with E-state index in [2.05, 4.69) is 6.26 Å². The summed E-state index contributed by atoms with van der Waals surface area (Å²) in [5.41, 5.74) is 7.45. The van der Waals surface area contributed by atoms with Gasteiger partial charge in [0, 0.05) is 24.0 Å². The first-order chi connectivity index (χ1) is 8.69. The van der Waals surface area contributed by atoms with Crippen molar-refractivity contribution in [2.45, 2.75) is 24.5 Å². The lowest BCUT2D eigenvalue weighted by molar-refractivity contribution is -0.131. The summed E-state index contributed by atoms with van der Waals surface area (Å²) in [5.74, 6) is 0.222. The van der Waals surface area contributed by atoms with E-state index in [9.17, 15) is 4.79 Å². The molecule has 1 aliphatic rings. The van der Waals surface area contributed by atoms with Gasteiger partial charge in [0.25, 0.3) is 0 Å². The predicted octanol–water partition coefficient (Wildman–Crippen LogP) is 2.17. The molecule has 0 spiro atoms. The summed E-state index contributed by atoms with van der Waals surface area (Å²) in [7, 11) is 0. The highest BCUT2D eigenvalue weighted by molar-refractivity contribution is 7.99. The summed E-state index contributed by atoms with van der Waals surface area (Å²) >= 11 is 1.91. The van der Waals surface area contributed by atoms with Crippen LogP contribution in [0.25, 0.3) is 0 Å². The number of nitrogens with zero attached hydrogens (tertiary/aromatic N) is 1. The summed E-state index contributed by atoms with van der Waals surface area (Å²) < 4.78 is 0. The first-order valence-electron chi connectivity index (χ1n) is 6.34. The maximum absolute atomic E-state index is 12.2. The van der Waals surface area contributed by atoms with Crippen LogP contribution in [0.15, 0.2) is 24.3 Å². The van der Waals surface area contributed by atoms with Crippen molar-refractivity contribution in [2.24, 2.45) is 0 Å². The van der Waals surface area contributed by atoms with E-state index in [0.29, 0.717) is 6.42 Å². The van der Waals surface area contributed by atoms with Crippen LogP contribution in [-0.4, -0.2) is 35.4 Å². The lowest BCUT2D eigenvalue weighted by Crippen LogP contribution is -2.40. The van der Waals surface area contributed by atoms with Crippen LogP contribution in [0.3, 0.4) is 0 Å². The third-order valence-electron chi connectivity index (χ3n) is 3.43. The molecule has 2 N–H and O–H groups in total. The van der Waals surface area contributed by atoms with Gasteiger partial charge in [-0.25, -0.2) is 0 Å². The van der Waals surface area contributed by atoms with Gasteiger partial charge in [0.2, 0.25) is 5.91 Å². The van der Waals surface area contributed by atoms with E-state index in [0.717, 1.165) is 42.4 Å². The van der Waals surface area contributed by atoms with Gasteiger partial charge in [-0.2, -0.15) is 11.8 Å². The quantitative estimate of drug-likeness (QED) is 0.851. The number of carbonyl (C=O) groups excluding carboxylic acids is 1. The fourth-order valence-electron chi connectivity index (χ4n) is 2.33. The molecular formula is C14H20N2OS. The molecule has 0 radical (unpaired) electrons. The minimum atomic E-state index is 0.222. The van der Waals surface area contributed by atoms with Crippen LogP contribution in [-0.2, 0) is 11.2 Å². The Hall–Kier alpha value is -1.16. The normalized spacial score (nSPS) is 16.8. The number of hydrogen-bond acceptors (Lipinski definition) is 3. The van der Waals surface area contributed by atoms with Crippen molar-refractivity contribution in [3.8, 4) is 0 Å². The van der Waals surface area contributed by atoms with Crippen LogP contribution in [0, 0.1) is 0 Å². The molecule has 0 unspecified atom stereocenters. The van der Waals surface area contributed by atoms with Gasteiger partial charge in [0.15, 0.2) is 0 Å². The molecule has 1 amide bonds. The van der Waals surface area contributed by atoms with Crippen molar-refractivity contribution in [2.75, 3.05) is 25.1 Å². The largest absolute Gasteiger partial charge is 0.399 e. The molecule has 2 rings (SSSR count). The number of likely N-dealkylation sites (tertiary alicyclic amines) is 1. The molecule has 18 heavy (non-hydrogen) atoms. The summed E-state index contributed by atoms with van der Waals surface area (Å²) in [6.07, 6.45) is 4.84. The zero-order valence-electron chi connectivity index (χ0n) is 10.8. The Morgan fingerprint density at radius 3 is 2.78 bits per heavy atom. The number of carbonyl (C=O) groups is 1. The van der Waals surface area contributed by atoms with Crippen molar-refractivity contribution >= 4 is 23.4 Å². The van der Waals surface area contributed by atoms with E-state index in [-0.39, 0.29) is 5.91 Å². The maximum atomic E-state index is 12.2. The molecule has 1 aromatic carbocycles. The van der Waals surface area contributed by atoms with Crippen molar-refractivity contribution in [3.05, 3.63) is 29.8 Å². The van der Waals surface area contributed by atoms with E-state index in [1.54, 1.807) is 0 Å². The average molecular weight is 264 g/mol. The zero-order valence-corrected chi connectivity index (χ0v) is 11.6. The fourth-order valence-corrected chi connectivity index (χ4v) is 3.01. The standard InChI is InChI=1S/C14H20N2OS/c1-18-13-5-7-16(8-6-13)14(17)10-11-3-2-4-12(15)9-11/h2-4,9,13H,5-8,10,15H2,1H3. The minimum absolute atomic E-state index is 0.222. The molecule has 0 bridgehead atoms. The first-order valence-corrected chi connectivity index (χ1v) is 7.63. The number of nitrogen functional groups attached to an aromatic ring is 1. The van der Waals surface area contributed by atoms with Gasteiger partial charge in [0.05, 0.1) is 6.42 Å². The Labute approximate surface area is 113 Å². The molecule has 1 fully saturated rings. The lowest BCUT2D eigenvalue weighted by Gasteiger charge is -2.31. The Morgan fingerprint density at radius 2 is 2.17 bits per heavy atom. The molecule has 1 heterocycles. The van der Waals surface area contributed by atoms with Gasteiger partial charge >= 0.3 is 0 Å². The number of nitrogens with two attached hydrogens (primary N) is 1. The third-order valence-corrected chi connectivity index (χ3v) is 4.57. The lowest BCUT2D eigenvalue weighted by atomic mass is 10.1. The maximum Gasteiger partial charge on any atom is 0.226 e. The summed E-state index contributed by atoms with van der Waals surface area (Å²) in [6, 6.07) is 7.59. The molecule has 1 saturated heterocycles. The smallest absolute Gasteiger partial charge is 0.226 e. The summed E-state index contributed by atoms with van der Waals surface area (Å²) in [6.45, 7) is 1.79. The second-order valence-corrected chi connectivity index (χ2v) is 5.88. The molecule has 1 aromatic rings. The van der Waals surface area contributed by atoms with Gasteiger partial charge in [-0.1, -0.05) is 12.1 Å². The van der Waals surface area contributed by atoms with Crippen molar-refractivity contribution < 1.29 is 4.79 Å². The van der Waals surface area contributed by atoms with E-state index >= 15 is 0 Å². The Bertz CT molecular complexity index is 414. The number of amides is 1. The van der Waals surface area contributed by atoms with Gasteiger partial charge < -0.3 is 10.6 Å². The summed E-state index contributed by atoms with van der Waals surface area (Å²) in [5, 5.41) is 0.724. The molecule has 0 aromatic heterocycles. The molecule has 1 aliphatic heterocycles. The monoisotopic (exact) mass is 264 g/mol. The van der Waals surface area contributed by atoms with Crippen LogP contribution < -0.4 is 5.73 Å². The Morgan fingerprint density at radius 1 is 1.44 bits per heavy atom. The summed E-state index contributed by atoms with van der Waals surface area (Å²) in [4.78, 5) is 14.1. The van der Waals surface area contributed by atoms with Gasteiger partial charge in [0.1, 0.15) is 0 Å². The van der Waals surface area contributed by atoms with Crippen molar-refractivity contribution in [1.29, 1.82) is 0 Å². The number of rotatable bonds is 3. The first kappa shape index (κ1) is 13.3. The number of anilines is 1. The highest BCUT2D eigenvalue weighted by Crippen LogP contribution is 2.21. The molecular weight excluding hydrogens is 244 g/mol. The fraction of sp³-hybridized carbons (Fsp3) is 0.500. The zero-order chi connectivity index (χ0) is 13.0. The third kappa shape index (κ3) is 3.42. The van der Waals surface area contributed by atoms with Crippen molar-refractivity contribution in [3.63, 3.8) is 0 Å². The second kappa shape index (κ2) is 6.14. The predicted molar refractivity (Wildman–Crippen MR) is 77.7 cm³/mol. The van der Waals surface area contributed by atoms with Crippen LogP contribution in [0.5, 0.6) is 0 Å². The SMILES string of the molecule is CSC1CCN(C(=O)Cc2cccc(N)c2)CC1. The van der Waals surface area contributed by atoms with Gasteiger partial charge in [-0.3, -0.25) is 4.79 Å². The van der Waals surface area contributed by atoms with Crippen LogP contribution in [0.2, 0.25) is 0 Å². The van der Waals surface area contributed by atoms with Crippen LogP contribution in [0.1, 0.15) is 18.4 Å². The Balaban J connectivity index is 1.89. The van der Waals surface area contributed by atoms with Gasteiger partial charge in [-0.05, 0) is 36.8 Å². The van der Waals surface area contributed by atoms with Crippen molar-refractivity contribution in [1.82, 2.24) is 4.90 Å². The molecule has 3 nitrogen and oxygen atoms in total. The highest BCUT2D eigenvalue weighted by atomic mass is 32.2. The molecule has 98 valence electrons. The Kier molecular flexibility index (Phi) is 4.53. The number of hydrogen-bond donors (Lipinski definition) is 1. The van der Waals surface area contributed by atoms with Crippen LogP contribution in [0.4, 0.5) is 5.69 Å². The van der Waals surface area contributed by atoms with Gasteiger partial charge in [-0.15, -0.1) is 0 Å². The van der Waals surface area contributed by atoms with E-state index in [1.807, 2.05) is 40.9 Å². The number of piperidine rings is 1. The second-order valence-electron chi connectivity index (χ2n) is 4.74. The highest BCUT2D eigenvalue weighted by Gasteiger charge is 2.21. The average Bonchev–Trinajstić information content (AvgIpc) is 2.39. The number of benzene rings is 1. The molecule has 0 atom stereocenters. The van der Waals surface area contributed by atoms with E-state index < -0.39 is 0 Å². The number of thioether (sulfide) groups is 1. The van der Waals surface area contributed by atoms with Crippen LogP contribution >= 0.6 is 11.8 Å². The topological polar surface area (TPSA) is 46.3 Å². The minimum Gasteiger partial charge on any atom is -0.399 e. The molecule has 0 saturated carbocycles.